The van der Waals surface area contributed by atoms with E-state index in [9.17, 15) is 4.79 Å². The van der Waals surface area contributed by atoms with E-state index in [4.69, 9.17) is 0 Å². The maximum Gasteiger partial charge on any atom is 0.257 e. The number of anilines is 4. The second-order valence-electron chi connectivity index (χ2n) is 9.68. The maximum absolute atomic E-state index is 13.5. The van der Waals surface area contributed by atoms with Crippen LogP contribution in [0.25, 0.3) is 0 Å². The molecular weight excluding hydrogens is 442 g/mol. The SMILES string of the molecule is Cc1cccc(C2Nc3c(C(=O)Nc4ccc(Nc5ccccc5)cc4)cccc3C3C=CCC32)c1. The fraction of sp³-hybridized carbons (Fsp3) is 0.156. The molecule has 4 aromatic carbocycles. The van der Waals surface area contributed by atoms with Crippen LogP contribution in [0.2, 0.25) is 0 Å². The van der Waals surface area contributed by atoms with Crippen LogP contribution in [-0.2, 0) is 0 Å². The molecule has 3 N–H and O–H groups in total. The van der Waals surface area contributed by atoms with Crippen molar-refractivity contribution in [3.63, 3.8) is 0 Å². The monoisotopic (exact) mass is 471 g/mol. The third kappa shape index (κ3) is 4.27. The van der Waals surface area contributed by atoms with Crippen LogP contribution in [0.15, 0.2) is 109 Å². The number of rotatable bonds is 5. The zero-order chi connectivity index (χ0) is 24.5. The molecule has 0 aromatic heterocycles. The van der Waals surface area contributed by atoms with Crippen molar-refractivity contribution < 1.29 is 4.79 Å². The van der Waals surface area contributed by atoms with Gasteiger partial charge >= 0.3 is 0 Å². The number of allylic oxidation sites excluding steroid dienone is 2. The van der Waals surface area contributed by atoms with Crippen molar-refractivity contribution in [1.82, 2.24) is 0 Å². The molecule has 4 nitrogen and oxygen atoms in total. The summed E-state index contributed by atoms with van der Waals surface area (Å²) in [6.07, 6.45) is 5.63. The summed E-state index contributed by atoms with van der Waals surface area (Å²) in [5.74, 6) is 0.650. The molecule has 1 amide bonds. The van der Waals surface area contributed by atoms with Crippen LogP contribution < -0.4 is 16.0 Å². The first-order valence-corrected chi connectivity index (χ1v) is 12.5. The zero-order valence-electron chi connectivity index (χ0n) is 20.2. The van der Waals surface area contributed by atoms with Gasteiger partial charge in [-0.2, -0.15) is 0 Å². The molecule has 36 heavy (non-hydrogen) atoms. The fourth-order valence-electron chi connectivity index (χ4n) is 5.53. The third-order valence-corrected chi connectivity index (χ3v) is 7.25. The lowest BCUT2D eigenvalue weighted by Gasteiger charge is -2.38. The van der Waals surface area contributed by atoms with Gasteiger partial charge in [0, 0.05) is 23.0 Å². The standard InChI is InChI=1S/C32H29N3O/c1-21-8-5-9-22(20-21)30-27-13-6-12-26(27)28-14-7-15-29(31(28)35-30)32(36)34-25-18-16-24(17-19-25)33-23-10-3-2-4-11-23/h2-12,14-20,26-27,30,33,35H,13H2,1H3,(H,34,36). The number of carbonyl (C=O) groups is 1. The van der Waals surface area contributed by atoms with Crippen LogP contribution in [0.1, 0.15) is 45.4 Å². The number of carbonyl (C=O) groups excluding carboxylic acids is 1. The summed E-state index contributed by atoms with van der Waals surface area (Å²) in [6, 6.07) is 32.8. The largest absolute Gasteiger partial charge is 0.377 e. The summed E-state index contributed by atoms with van der Waals surface area (Å²) < 4.78 is 0. The highest BCUT2D eigenvalue weighted by Gasteiger charge is 2.39. The summed E-state index contributed by atoms with van der Waals surface area (Å²) in [6.45, 7) is 2.13. The second-order valence-corrected chi connectivity index (χ2v) is 9.68. The van der Waals surface area contributed by atoms with Crippen LogP contribution in [0.4, 0.5) is 22.7 Å². The normalized spacial score (nSPS) is 19.6. The molecule has 178 valence electrons. The molecule has 4 heteroatoms. The van der Waals surface area contributed by atoms with Crippen molar-refractivity contribution in [2.45, 2.75) is 25.3 Å². The molecule has 6 rings (SSSR count). The Hall–Kier alpha value is -4.31. The number of benzene rings is 4. The van der Waals surface area contributed by atoms with Crippen molar-refractivity contribution in [1.29, 1.82) is 0 Å². The Kier molecular flexibility index (Phi) is 5.78. The first-order chi connectivity index (χ1) is 17.7. The maximum atomic E-state index is 13.5. The highest BCUT2D eigenvalue weighted by molar-refractivity contribution is 6.08. The quantitative estimate of drug-likeness (QED) is 0.260. The molecule has 3 unspecified atom stereocenters. The van der Waals surface area contributed by atoms with Gasteiger partial charge < -0.3 is 16.0 Å². The van der Waals surface area contributed by atoms with Gasteiger partial charge in [-0.05, 0) is 72.9 Å². The minimum atomic E-state index is -0.105. The number of aryl methyl sites for hydroxylation is 1. The lowest BCUT2D eigenvalue weighted by Crippen LogP contribution is -2.31. The Balaban J connectivity index is 1.26. The summed E-state index contributed by atoms with van der Waals surface area (Å²) >= 11 is 0. The third-order valence-electron chi connectivity index (χ3n) is 7.25. The summed E-state index contributed by atoms with van der Waals surface area (Å²) in [5.41, 5.74) is 8.10. The van der Waals surface area contributed by atoms with Gasteiger partial charge in [-0.15, -0.1) is 0 Å². The van der Waals surface area contributed by atoms with E-state index in [0.29, 0.717) is 17.4 Å². The van der Waals surface area contributed by atoms with Crippen LogP contribution >= 0.6 is 0 Å². The molecule has 0 fully saturated rings. The van der Waals surface area contributed by atoms with Gasteiger partial charge in [-0.1, -0.05) is 72.3 Å². The van der Waals surface area contributed by atoms with Crippen LogP contribution in [0, 0.1) is 12.8 Å². The van der Waals surface area contributed by atoms with Crippen molar-refractivity contribution >= 4 is 28.7 Å². The van der Waals surface area contributed by atoms with Gasteiger partial charge in [0.2, 0.25) is 0 Å². The lowest BCUT2D eigenvalue weighted by molar-refractivity contribution is 0.102. The van der Waals surface area contributed by atoms with Gasteiger partial charge in [0.15, 0.2) is 0 Å². The molecule has 4 aromatic rings. The first-order valence-electron chi connectivity index (χ1n) is 12.5. The second kappa shape index (κ2) is 9.38. The molecule has 0 radical (unpaired) electrons. The van der Waals surface area contributed by atoms with Crippen molar-refractivity contribution in [2.75, 3.05) is 16.0 Å². The van der Waals surface area contributed by atoms with E-state index in [1.165, 1.54) is 16.7 Å². The number of hydrogen-bond acceptors (Lipinski definition) is 3. The molecule has 0 saturated heterocycles. The minimum absolute atomic E-state index is 0.105. The molecule has 2 aliphatic rings. The predicted octanol–water partition coefficient (Wildman–Crippen LogP) is 7.82. The average molecular weight is 472 g/mol. The minimum Gasteiger partial charge on any atom is -0.377 e. The number of amides is 1. The summed E-state index contributed by atoms with van der Waals surface area (Å²) in [5, 5.41) is 10.2. The number of nitrogens with one attached hydrogen (secondary N) is 3. The Morgan fingerprint density at radius 2 is 1.58 bits per heavy atom. The molecule has 1 aliphatic carbocycles. The summed E-state index contributed by atoms with van der Waals surface area (Å²) in [7, 11) is 0. The molecule has 0 spiro atoms. The Labute approximate surface area is 212 Å². The fourth-order valence-corrected chi connectivity index (χ4v) is 5.53. The van der Waals surface area contributed by atoms with Gasteiger partial charge in [-0.25, -0.2) is 0 Å². The smallest absolute Gasteiger partial charge is 0.257 e. The lowest BCUT2D eigenvalue weighted by atomic mass is 9.76. The number of para-hydroxylation sites is 2. The van der Waals surface area contributed by atoms with Crippen LogP contribution in [0.3, 0.4) is 0 Å². The molecule has 0 bridgehead atoms. The predicted molar refractivity (Wildman–Crippen MR) is 148 cm³/mol. The van der Waals surface area contributed by atoms with Crippen molar-refractivity contribution in [3.05, 3.63) is 131 Å². The van der Waals surface area contributed by atoms with E-state index < -0.39 is 0 Å². The van der Waals surface area contributed by atoms with E-state index >= 15 is 0 Å². The average Bonchev–Trinajstić information content (AvgIpc) is 3.40. The highest BCUT2D eigenvalue weighted by Crippen LogP contribution is 2.50. The molecule has 1 aliphatic heterocycles. The van der Waals surface area contributed by atoms with Gasteiger partial charge in [0.05, 0.1) is 17.3 Å². The molecule has 3 atom stereocenters. The summed E-state index contributed by atoms with van der Waals surface area (Å²) in [4.78, 5) is 13.5. The first kappa shape index (κ1) is 22.2. The Morgan fingerprint density at radius 1 is 0.833 bits per heavy atom. The Bertz CT molecular complexity index is 1430. The van der Waals surface area contributed by atoms with Crippen molar-refractivity contribution in [2.24, 2.45) is 5.92 Å². The highest BCUT2D eigenvalue weighted by atomic mass is 16.1. The Morgan fingerprint density at radius 3 is 2.39 bits per heavy atom. The molecule has 0 saturated carbocycles. The van der Waals surface area contributed by atoms with Crippen LogP contribution in [0.5, 0.6) is 0 Å². The van der Waals surface area contributed by atoms with Gasteiger partial charge in [-0.3, -0.25) is 4.79 Å². The van der Waals surface area contributed by atoms with E-state index in [1.54, 1.807) is 0 Å². The van der Waals surface area contributed by atoms with E-state index in [0.717, 1.165) is 29.2 Å². The number of fused-ring (bicyclic) bond motifs is 3. The van der Waals surface area contributed by atoms with E-state index in [1.807, 2.05) is 66.7 Å². The molecular formula is C32H29N3O. The van der Waals surface area contributed by atoms with Crippen LogP contribution in [-0.4, -0.2) is 5.91 Å². The van der Waals surface area contributed by atoms with E-state index in [-0.39, 0.29) is 11.9 Å². The van der Waals surface area contributed by atoms with Gasteiger partial charge in [0.1, 0.15) is 0 Å². The molecule has 1 heterocycles. The van der Waals surface area contributed by atoms with Crippen molar-refractivity contribution in [3.8, 4) is 0 Å². The topological polar surface area (TPSA) is 53.2 Å². The number of hydrogen-bond donors (Lipinski definition) is 3. The zero-order valence-corrected chi connectivity index (χ0v) is 20.2. The van der Waals surface area contributed by atoms with E-state index in [2.05, 4.69) is 65.4 Å². The van der Waals surface area contributed by atoms with Gasteiger partial charge in [0.25, 0.3) is 5.91 Å².